The van der Waals surface area contributed by atoms with Crippen LogP contribution in [0.1, 0.15) is 101 Å². The van der Waals surface area contributed by atoms with Gasteiger partial charge in [-0.1, -0.05) is 58.4 Å². The Labute approximate surface area is 210 Å². The van der Waals surface area contributed by atoms with E-state index in [4.69, 9.17) is 0 Å². The van der Waals surface area contributed by atoms with Crippen molar-refractivity contribution < 1.29 is 0 Å². The lowest BCUT2D eigenvalue weighted by molar-refractivity contribution is 0.525. The van der Waals surface area contributed by atoms with E-state index in [1.54, 1.807) is 0 Å². The predicted molar refractivity (Wildman–Crippen MR) is 146 cm³/mol. The molecule has 1 aliphatic carbocycles. The molecule has 1 fully saturated rings. The highest BCUT2D eigenvalue weighted by Gasteiger charge is 2.26. The van der Waals surface area contributed by atoms with Crippen LogP contribution in [0.15, 0.2) is 39.6 Å². The van der Waals surface area contributed by atoms with E-state index in [9.17, 15) is 4.79 Å². The molecule has 34 heavy (non-hydrogen) atoms. The minimum absolute atomic E-state index is 0.148. The SMILES string of the molecule is CCCCCC(CCC)c1cc2c(cc1C)n1c3cccc(Br)c3c(=O)nc1n2C1CCCC1. The zero-order valence-electron chi connectivity index (χ0n) is 20.7. The summed E-state index contributed by atoms with van der Waals surface area (Å²) in [6, 6.07) is 11.2. The number of hydrogen-bond donors (Lipinski definition) is 0. The van der Waals surface area contributed by atoms with Crippen LogP contribution in [-0.4, -0.2) is 14.0 Å². The van der Waals surface area contributed by atoms with Gasteiger partial charge < -0.3 is 4.57 Å². The second-order valence-electron chi connectivity index (χ2n) is 10.2. The summed E-state index contributed by atoms with van der Waals surface area (Å²) in [5, 5.41) is 0.663. The van der Waals surface area contributed by atoms with Crippen LogP contribution in [0, 0.1) is 6.92 Å². The maximum atomic E-state index is 13.2. The number of rotatable bonds is 8. The fourth-order valence-electron chi connectivity index (χ4n) is 6.20. The number of aromatic nitrogens is 3. The van der Waals surface area contributed by atoms with Crippen molar-refractivity contribution in [2.45, 2.75) is 96.9 Å². The lowest BCUT2D eigenvalue weighted by atomic mass is 9.86. The maximum absolute atomic E-state index is 13.2. The number of fused-ring (bicyclic) bond motifs is 5. The predicted octanol–water partition coefficient (Wildman–Crippen LogP) is 8.45. The molecule has 1 aliphatic rings. The molecular formula is C29H36BrN3O. The van der Waals surface area contributed by atoms with Crippen LogP contribution in [0.5, 0.6) is 0 Å². The molecule has 1 atom stereocenters. The number of imidazole rings is 1. The van der Waals surface area contributed by atoms with E-state index < -0.39 is 0 Å². The third-order valence-corrected chi connectivity index (χ3v) is 8.51. The molecule has 2 heterocycles. The zero-order chi connectivity index (χ0) is 23.8. The van der Waals surface area contributed by atoms with E-state index in [1.165, 1.54) is 73.5 Å². The molecule has 1 unspecified atom stereocenters. The molecule has 5 rings (SSSR count). The fourth-order valence-corrected chi connectivity index (χ4v) is 6.72. The lowest BCUT2D eigenvalue weighted by Gasteiger charge is -2.20. The summed E-state index contributed by atoms with van der Waals surface area (Å²) in [4.78, 5) is 17.9. The molecule has 1 saturated carbocycles. The first-order chi connectivity index (χ1) is 16.5. The number of aryl methyl sites for hydroxylation is 1. The summed E-state index contributed by atoms with van der Waals surface area (Å²) >= 11 is 3.60. The van der Waals surface area contributed by atoms with Gasteiger partial charge in [-0.25, -0.2) is 0 Å². The second-order valence-corrected chi connectivity index (χ2v) is 11.0. The normalized spacial score (nSPS) is 15.8. The average molecular weight is 523 g/mol. The number of nitrogens with zero attached hydrogens (tertiary/aromatic N) is 3. The van der Waals surface area contributed by atoms with Crippen molar-refractivity contribution in [2.75, 3.05) is 0 Å². The molecule has 0 amide bonds. The van der Waals surface area contributed by atoms with E-state index in [0.717, 1.165) is 28.6 Å². The van der Waals surface area contributed by atoms with Gasteiger partial charge in [0.1, 0.15) is 0 Å². The smallest absolute Gasteiger partial charge is 0.283 e. The topological polar surface area (TPSA) is 39.3 Å². The molecule has 2 aromatic heterocycles. The molecule has 0 saturated heterocycles. The molecule has 180 valence electrons. The molecule has 0 spiro atoms. The first kappa shape index (κ1) is 23.6. The summed E-state index contributed by atoms with van der Waals surface area (Å²) in [6.45, 7) is 6.85. The van der Waals surface area contributed by atoms with Crippen LogP contribution in [0.2, 0.25) is 0 Å². The molecule has 5 heteroatoms. The van der Waals surface area contributed by atoms with Gasteiger partial charge in [0.15, 0.2) is 0 Å². The van der Waals surface area contributed by atoms with Crippen LogP contribution in [0.3, 0.4) is 0 Å². The number of benzene rings is 2. The van der Waals surface area contributed by atoms with Crippen LogP contribution >= 0.6 is 15.9 Å². The summed E-state index contributed by atoms with van der Waals surface area (Å²) < 4.78 is 5.45. The number of halogens is 1. The lowest BCUT2D eigenvalue weighted by Crippen LogP contribution is -2.14. The fraction of sp³-hybridized carbons (Fsp3) is 0.517. The van der Waals surface area contributed by atoms with Gasteiger partial charge in [-0.3, -0.25) is 9.20 Å². The first-order valence-electron chi connectivity index (χ1n) is 13.2. The largest absolute Gasteiger partial charge is 0.306 e. The summed E-state index contributed by atoms with van der Waals surface area (Å²) in [6.07, 6.45) is 12.3. The van der Waals surface area contributed by atoms with Crippen LogP contribution in [-0.2, 0) is 0 Å². The summed E-state index contributed by atoms with van der Waals surface area (Å²) in [7, 11) is 0. The molecule has 0 aliphatic heterocycles. The molecular weight excluding hydrogens is 486 g/mol. The molecule has 0 radical (unpaired) electrons. The van der Waals surface area contributed by atoms with Crippen molar-refractivity contribution in [3.05, 3.63) is 56.3 Å². The molecule has 2 aromatic carbocycles. The van der Waals surface area contributed by atoms with E-state index in [2.05, 4.69) is 68.9 Å². The van der Waals surface area contributed by atoms with Crippen LogP contribution < -0.4 is 5.56 Å². The van der Waals surface area contributed by atoms with E-state index >= 15 is 0 Å². The van der Waals surface area contributed by atoms with Gasteiger partial charge in [0.25, 0.3) is 5.56 Å². The second kappa shape index (κ2) is 9.85. The summed E-state index contributed by atoms with van der Waals surface area (Å²) in [5.41, 5.74) is 6.04. The van der Waals surface area contributed by atoms with Gasteiger partial charge in [-0.05, 0) is 89.8 Å². The standard InChI is InChI=1S/C29H36BrN3O/c1-4-6-7-12-20(11-5-2)22-18-26-25(17-19(22)3)33-24-16-10-15-23(30)27(24)28(34)31-29(33)32(26)21-13-8-9-14-21/h10,15-18,20-21H,4-9,11-14H2,1-3H3. The Morgan fingerprint density at radius 2 is 1.82 bits per heavy atom. The van der Waals surface area contributed by atoms with E-state index in [-0.39, 0.29) is 5.56 Å². The molecule has 4 nitrogen and oxygen atoms in total. The van der Waals surface area contributed by atoms with Crippen molar-refractivity contribution in [1.29, 1.82) is 0 Å². The van der Waals surface area contributed by atoms with Gasteiger partial charge in [-0.15, -0.1) is 0 Å². The number of unbranched alkanes of at least 4 members (excludes halogenated alkanes) is 2. The van der Waals surface area contributed by atoms with Gasteiger partial charge in [0, 0.05) is 10.5 Å². The minimum Gasteiger partial charge on any atom is -0.306 e. The highest BCUT2D eigenvalue weighted by molar-refractivity contribution is 9.10. The van der Waals surface area contributed by atoms with Crippen molar-refractivity contribution in [3.8, 4) is 0 Å². The van der Waals surface area contributed by atoms with Gasteiger partial charge in [0.05, 0.1) is 21.9 Å². The Balaban J connectivity index is 1.82. The minimum atomic E-state index is -0.148. The average Bonchev–Trinajstić information content (AvgIpc) is 3.44. The zero-order valence-corrected chi connectivity index (χ0v) is 22.3. The number of hydrogen-bond acceptors (Lipinski definition) is 2. The van der Waals surface area contributed by atoms with Crippen molar-refractivity contribution >= 4 is 43.6 Å². The Bertz CT molecular complexity index is 1390. The quantitative estimate of drug-likeness (QED) is 0.218. The van der Waals surface area contributed by atoms with Crippen molar-refractivity contribution in [1.82, 2.24) is 14.0 Å². The van der Waals surface area contributed by atoms with Crippen molar-refractivity contribution in [3.63, 3.8) is 0 Å². The van der Waals surface area contributed by atoms with Crippen molar-refractivity contribution in [2.24, 2.45) is 0 Å². The summed E-state index contributed by atoms with van der Waals surface area (Å²) in [5.74, 6) is 1.39. The Kier molecular flexibility index (Phi) is 6.83. The first-order valence-corrected chi connectivity index (χ1v) is 14.0. The molecule has 4 aromatic rings. The Morgan fingerprint density at radius 1 is 1.03 bits per heavy atom. The van der Waals surface area contributed by atoms with E-state index in [0.29, 0.717) is 17.3 Å². The molecule has 0 bridgehead atoms. The van der Waals surface area contributed by atoms with E-state index in [1.807, 2.05) is 12.1 Å². The molecule has 0 N–H and O–H groups in total. The van der Waals surface area contributed by atoms with Gasteiger partial charge in [-0.2, -0.15) is 4.98 Å². The third-order valence-electron chi connectivity index (χ3n) is 7.85. The Morgan fingerprint density at radius 3 is 2.56 bits per heavy atom. The monoisotopic (exact) mass is 521 g/mol. The van der Waals surface area contributed by atoms with Crippen LogP contribution in [0.25, 0.3) is 27.7 Å². The van der Waals surface area contributed by atoms with Gasteiger partial charge >= 0.3 is 0 Å². The van der Waals surface area contributed by atoms with Gasteiger partial charge in [0.2, 0.25) is 5.78 Å². The highest BCUT2D eigenvalue weighted by Crippen LogP contribution is 2.39. The van der Waals surface area contributed by atoms with Crippen LogP contribution in [0.4, 0.5) is 0 Å². The maximum Gasteiger partial charge on any atom is 0.283 e. The highest BCUT2D eigenvalue weighted by atomic mass is 79.9. The third kappa shape index (κ3) is 4.00. The Hall–Kier alpha value is -2.14.